The zero-order chi connectivity index (χ0) is 13.2. The normalized spacial score (nSPS) is 21.3. The first-order valence-electron chi connectivity index (χ1n) is 6.65. The molecular formula is C15H23ClN2O. The van der Waals surface area contributed by atoms with E-state index in [1.54, 1.807) is 24.3 Å². The fourth-order valence-corrected chi connectivity index (χ4v) is 2.64. The van der Waals surface area contributed by atoms with Gasteiger partial charge in [-0.1, -0.05) is 26.7 Å². The summed E-state index contributed by atoms with van der Waals surface area (Å²) in [6, 6.07) is 7.36. The van der Waals surface area contributed by atoms with Crippen molar-refractivity contribution >= 4 is 24.0 Å². The summed E-state index contributed by atoms with van der Waals surface area (Å²) in [7, 11) is 0. The van der Waals surface area contributed by atoms with E-state index in [9.17, 15) is 4.79 Å². The second-order valence-electron chi connectivity index (χ2n) is 5.88. The van der Waals surface area contributed by atoms with Crippen molar-refractivity contribution in [3.63, 3.8) is 0 Å². The second-order valence-corrected chi connectivity index (χ2v) is 5.88. The summed E-state index contributed by atoms with van der Waals surface area (Å²) in [5.74, 6) is 0.00924. The summed E-state index contributed by atoms with van der Waals surface area (Å²) in [5, 5.41) is 3.17. The number of rotatable bonds is 2. The molecule has 1 saturated carbocycles. The van der Waals surface area contributed by atoms with E-state index in [4.69, 9.17) is 5.73 Å². The quantitative estimate of drug-likeness (QED) is 0.817. The maximum atomic E-state index is 12.2. The van der Waals surface area contributed by atoms with Crippen LogP contribution in [-0.4, -0.2) is 11.9 Å². The van der Waals surface area contributed by atoms with Crippen molar-refractivity contribution in [2.45, 2.75) is 45.6 Å². The van der Waals surface area contributed by atoms with Gasteiger partial charge in [-0.15, -0.1) is 12.4 Å². The lowest BCUT2D eigenvalue weighted by Gasteiger charge is -2.39. The Hall–Kier alpha value is -1.22. The van der Waals surface area contributed by atoms with Crippen LogP contribution < -0.4 is 11.1 Å². The van der Waals surface area contributed by atoms with Gasteiger partial charge in [-0.25, -0.2) is 0 Å². The predicted octanol–water partition coefficient (Wildman–Crippen LogP) is 3.39. The first kappa shape index (κ1) is 15.8. The molecule has 0 radical (unpaired) electrons. The molecule has 2 rings (SSSR count). The van der Waals surface area contributed by atoms with Crippen molar-refractivity contribution in [1.82, 2.24) is 5.32 Å². The molecule has 0 saturated heterocycles. The van der Waals surface area contributed by atoms with Crippen LogP contribution in [0.2, 0.25) is 0 Å². The Balaban J connectivity index is 0.00000180. The molecule has 0 bridgehead atoms. The Bertz CT molecular complexity index is 428. The van der Waals surface area contributed by atoms with Crippen molar-refractivity contribution < 1.29 is 4.79 Å². The lowest BCUT2D eigenvalue weighted by molar-refractivity contribution is 0.0853. The predicted molar refractivity (Wildman–Crippen MR) is 81.6 cm³/mol. The van der Waals surface area contributed by atoms with Gasteiger partial charge in [-0.05, 0) is 42.5 Å². The van der Waals surface area contributed by atoms with E-state index in [1.165, 1.54) is 19.3 Å². The van der Waals surface area contributed by atoms with Crippen molar-refractivity contribution in [1.29, 1.82) is 0 Å². The summed E-state index contributed by atoms with van der Waals surface area (Å²) in [6.07, 6.45) is 4.73. The van der Waals surface area contributed by atoms with E-state index < -0.39 is 0 Å². The molecule has 1 aliphatic rings. The number of amides is 1. The van der Waals surface area contributed by atoms with Crippen LogP contribution in [0, 0.1) is 5.41 Å². The van der Waals surface area contributed by atoms with Crippen LogP contribution in [0.25, 0.3) is 0 Å². The third-order valence-corrected chi connectivity index (χ3v) is 3.99. The highest BCUT2D eigenvalue weighted by Gasteiger charge is 2.33. The van der Waals surface area contributed by atoms with Gasteiger partial charge in [0.15, 0.2) is 0 Å². The maximum absolute atomic E-state index is 12.2. The Morgan fingerprint density at radius 2 is 1.89 bits per heavy atom. The first-order chi connectivity index (χ1) is 8.49. The van der Waals surface area contributed by atoms with Gasteiger partial charge in [0.05, 0.1) is 0 Å². The fourth-order valence-electron chi connectivity index (χ4n) is 2.64. The Morgan fingerprint density at radius 3 is 2.47 bits per heavy atom. The molecule has 1 unspecified atom stereocenters. The van der Waals surface area contributed by atoms with Crippen LogP contribution in [0.5, 0.6) is 0 Å². The van der Waals surface area contributed by atoms with Crippen molar-refractivity contribution in [2.24, 2.45) is 5.41 Å². The summed E-state index contributed by atoms with van der Waals surface area (Å²) in [6.45, 7) is 4.47. The highest BCUT2D eigenvalue weighted by molar-refractivity contribution is 5.94. The number of hydrogen-bond acceptors (Lipinski definition) is 2. The number of nitrogen functional groups attached to an aromatic ring is 1. The lowest BCUT2D eigenvalue weighted by atomic mass is 9.73. The molecule has 0 spiro atoms. The summed E-state index contributed by atoms with van der Waals surface area (Å²) >= 11 is 0. The maximum Gasteiger partial charge on any atom is 0.251 e. The average Bonchev–Trinajstić information content (AvgIpc) is 2.32. The van der Waals surface area contributed by atoms with Crippen LogP contribution in [0.15, 0.2) is 24.3 Å². The van der Waals surface area contributed by atoms with Crippen molar-refractivity contribution in [3.05, 3.63) is 29.8 Å². The Morgan fingerprint density at radius 1 is 1.26 bits per heavy atom. The van der Waals surface area contributed by atoms with Crippen LogP contribution in [0.1, 0.15) is 49.9 Å². The minimum absolute atomic E-state index is 0. The summed E-state index contributed by atoms with van der Waals surface area (Å²) in [4.78, 5) is 12.2. The van der Waals surface area contributed by atoms with Crippen molar-refractivity contribution in [3.8, 4) is 0 Å². The van der Waals surface area contributed by atoms with E-state index in [2.05, 4.69) is 19.2 Å². The topological polar surface area (TPSA) is 55.1 Å². The first-order valence-corrected chi connectivity index (χ1v) is 6.65. The molecule has 1 amide bonds. The van der Waals surface area contributed by atoms with Gasteiger partial charge in [0.1, 0.15) is 0 Å². The summed E-state index contributed by atoms with van der Waals surface area (Å²) in [5.41, 5.74) is 7.19. The van der Waals surface area contributed by atoms with Gasteiger partial charge >= 0.3 is 0 Å². The third-order valence-electron chi connectivity index (χ3n) is 3.99. The van der Waals surface area contributed by atoms with Crippen LogP contribution in [-0.2, 0) is 0 Å². The van der Waals surface area contributed by atoms with Crippen LogP contribution in [0.4, 0.5) is 5.69 Å². The van der Waals surface area contributed by atoms with E-state index in [1.807, 2.05) is 0 Å². The van der Waals surface area contributed by atoms with Crippen LogP contribution in [0.3, 0.4) is 0 Å². The molecule has 3 N–H and O–H groups in total. The lowest BCUT2D eigenvalue weighted by Crippen LogP contribution is -2.46. The highest BCUT2D eigenvalue weighted by Crippen LogP contribution is 2.35. The molecule has 106 valence electrons. The molecule has 0 heterocycles. The number of anilines is 1. The molecular weight excluding hydrogens is 260 g/mol. The molecule has 4 heteroatoms. The molecule has 1 aromatic carbocycles. The van der Waals surface area contributed by atoms with Crippen molar-refractivity contribution in [2.75, 3.05) is 5.73 Å². The fraction of sp³-hybridized carbons (Fsp3) is 0.533. The molecule has 1 aliphatic carbocycles. The van der Waals surface area contributed by atoms with E-state index in [0.717, 1.165) is 6.42 Å². The molecule has 1 fully saturated rings. The van der Waals surface area contributed by atoms with Gasteiger partial charge in [0.25, 0.3) is 5.91 Å². The van der Waals surface area contributed by atoms with Gasteiger partial charge in [-0.2, -0.15) is 0 Å². The third kappa shape index (κ3) is 3.87. The number of nitrogens with two attached hydrogens (primary N) is 1. The molecule has 0 aromatic heterocycles. The van der Waals surface area contributed by atoms with E-state index in [0.29, 0.717) is 11.3 Å². The highest BCUT2D eigenvalue weighted by atomic mass is 35.5. The van der Waals surface area contributed by atoms with Gasteiger partial charge in [0, 0.05) is 17.3 Å². The standard InChI is InChI=1S/C15H22N2O.ClH/c1-15(2)10-4-3-5-13(15)17-14(18)11-6-8-12(16)9-7-11;/h6-9,13H,3-5,10,16H2,1-2H3,(H,17,18);1H. The van der Waals surface area contributed by atoms with Gasteiger partial charge in [0.2, 0.25) is 0 Å². The zero-order valence-corrected chi connectivity index (χ0v) is 12.4. The van der Waals surface area contributed by atoms with Gasteiger partial charge < -0.3 is 11.1 Å². The number of hydrogen-bond donors (Lipinski definition) is 2. The number of benzene rings is 1. The minimum atomic E-state index is 0. The van der Waals surface area contributed by atoms with Crippen LogP contribution >= 0.6 is 12.4 Å². The monoisotopic (exact) mass is 282 g/mol. The molecule has 1 atom stereocenters. The number of halogens is 1. The largest absolute Gasteiger partial charge is 0.399 e. The zero-order valence-electron chi connectivity index (χ0n) is 11.6. The molecule has 0 aliphatic heterocycles. The van der Waals surface area contributed by atoms with E-state index >= 15 is 0 Å². The Labute approximate surface area is 121 Å². The number of nitrogens with one attached hydrogen (secondary N) is 1. The van der Waals surface area contributed by atoms with E-state index in [-0.39, 0.29) is 29.8 Å². The number of carbonyl (C=O) groups excluding carboxylic acids is 1. The molecule has 19 heavy (non-hydrogen) atoms. The summed E-state index contributed by atoms with van der Waals surface area (Å²) < 4.78 is 0. The minimum Gasteiger partial charge on any atom is -0.399 e. The Kier molecular flexibility index (Phi) is 5.24. The smallest absolute Gasteiger partial charge is 0.251 e. The number of carbonyl (C=O) groups is 1. The molecule has 3 nitrogen and oxygen atoms in total. The SMILES string of the molecule is CC1(C)CCCCC1NC(=O)c1ccc(N)cc1.Cl. The second kappa shape index (κ2) is 6.29. The van der Waals surface area contributed by atoms with Gasteiger partial charge in [-0.3, -0.25) is 4.79 Å². The molecule has 1 aromatic rings. The average molecular weight is 283 g/mol.